The van der Waals surface area contributed by atoms with Gasteiger partial charge in [-0.15, -0.1) is 11.3 Å². The van der Waals surface area contributed by atoms with Gasteiger partial charge in [-0.1, -0.05) is 18.2 Å². The number of piperazine rings is 1. The minimum absolute atomic E-state index is 0.0374. The quantitative estimate of drug-likeness (QED) is 0.912. The summed E-state index contributed by atoms with van der Waals surface area (Å²) in [6, 6.07) is 12.8. The predicted molar refractivity (Wildman–Crippen MR) is 91.4 cm³/mol. The Hall–Kier alpha value is -1.69. The smallest absolute Gasteiger partial charge is 0.221 e. The number of hydrogen-bond donors (Lipinski definition) is 2. The highest BCUT2D eigenvalue weighted by atomic mass is 32.1. The lowest BCUT2D eigenvalue weighted by atomic mass is 10.0. The number of nitrogens with one attached hydrogen (secondary N) is 2. The third-order valence-electron chi connectivity index (χ3n) is 3.88. The van der Waals surface area contributed by atoms with Crippen molar-refractivity contribution >= 4 is 22.9 Å². The van der Waals surface area contributed by atoms with E-state index in [0.717, 1.165) is 31.9 Å². The van der Waals surface area contributed by atoms with Crippen molar-refractivity contribution < 1.29 is 4.79 Å². The molecule has 1 saturated heterocycles. The molecule has 1 aromatic heterocycles. The SMILES string of the molecule is CC(=O)Nc1ccc([C@H](c2cccs2)N2CCNCC2)cc1. The third-order valence-corrected chi connectivity index (χ3v) is 4.80. The summed E-state index contributed by atoms with van der Waals surface area (Å²) in [5, 5.41) is 8.37. The number of rotatable bonds is 4. The van der Waals surface area contributed by atoms with E-state index in [-0.39, 0.29) is 5.91 Å². The molecule has 0 bridgehead atoms. The fourth-order valence-corrected chi connectivity index (χ4v) is 3.78. The van der Waals surface area contributed by atoms with Crippen LogP contribution in [-0.4, -0.2) is 37.0 Å². The number of anilines is 1. The Bertz CT molecular complexity index is 603. The largest absolute Gasteiger partial charge is 0.326 e. The molecule has 1 aliphatic heterocycles. The average Bonchev–Trinajstić information content (AvgIpc) is 3.04. The van der Waals surface area contributed by atoms with Gasteiger partial charge in [0.05, 0.1) is 6.04 Å². The maximum atomic E-state index is 11.1. The van der Waals surface area contributed by atoms with Crippen LogP contribution in [0, 0.1) is 0 Å². The van der Waals surface area contributed by atoms with E-state index in [1.165, 1.54) is 17.4 Å². The molecule has 1 amide bonds. The van der Waals surface area contributed by atoms with Crippen LogP contribution < -0.4 is 10.6 Å². The number of amides is 1. The summed E-state index contributed by atoms with van der Waals surface area (Å²) in [6.45, 7) is 5.70. The summed E-state index contributed by atoms with van der Waals surface area (Å²) in [5.74, 6) is -0.0374. The molecule has 0 unspecified atom stereocenters. The Morgan fingerprint density at radius 2 is 1.95 bits per heavy atom. The molecule has 116 valence electrons. The summed E-state index contributed by atoms with van der Waals surface area (Å²) < 4.78 is 0. The summed E-state index contributed by atoms with van der Waals surface area (Å²) in [7, 11) is 0. The lowest BCUT2D eigenvalue weighted by Crippen LogP contribution is -2.45. The minimum atomic E-state index is -0.0374. The molecule has 22 heavy (non-hydrogen) atoms. The molecule has 1 aliphatic rings. The average molecular weight is 315 g/mol. The second kappa shape index (κ2) is 7.05. The zero-order valence-corrected chi connectivity index (χ0v) is 13.5. The van der Waals surface area contributed by atoms with Crippen molar-refractivity contribution in [3.05, 3.63) is 52.2 Å². The monoisotopic (exact) mass is 315 g/mol. The second-order valence-corrected chi connectivity index (χ2v) is 6.49. The summed E-state index contributed by atoms with van der Waals surface area (Å²) in [5.41, 5.74) is 2.12. The van der Waals surface area contributed by atoms with Crippen LogP contribution in [0.2, 0.25) is 0 Å². The number of hydrogen-bond acceptors (Lipinski definition) is 4. The Balaban J connectivity index is 1.86. The maximum Gasteiger partial charge on any atom is 0.221 e. The molecule has 2 N–H and O–H groups in total. The molecular formula is C17H21N3OS. The lowest BCUT2D eigenvalue weighted by molar-refractivity contribution is -0.114. The van der Waals surface area contributed by atoms with Gasteiger partial charge in [0, 0.05) is 43.7 Å². The van der Waals surface area contributed by atoms with Gasteiger partial charge in [-0.3, -0.25) is 9.69 Å². The summed E-state index contributed by atoms with van der Waals surface area (Å²) >= 11 is 1.80. The Kier molecular flexibility index (Phi) is 4.87. The first-order chi connectivity index (χ1) is 10.7. The predicted octanol–water partition coefficient (Wildman–Crippen LogP) is 2.70. The van der Waals surface area contributed by atoms with Crippen molar-refractivity contribution in [3.8, 4) is 0 Å². The topological polar surface area (TPSA) is 44.4 Å². The number of thiophene rings is 1. The number of nitrogens with zero attached hydrogens (tertiary/aromatic N) is 1. The van der Waals surface area contributed by atoms with Crippen molar-refractivity contribution in [3.63, 3.8) is 0 Å². The second-order valence-electron chi connectivity index (χ2n) is 5.51. The van der Waals surface area contributed by atoms with Gasteiger partial charge >= 0.3 is 0 Å². The van der Waals surface area contributed by atoms with E-state index in [9.17, 15) is 4.79 Å². The van der Waals surface area contributed by atoms with Gasteiger partial charge in [0.1, 0.15) is 0 Å². The first-order valence-corrected chi connectivity index (χ1v) is 8.48. The van der Waals surface area contributed by atoms with E-state index >= 15 is 0 Å². The lowest BCUT2D eigenvalue weighted by Gasteiger charge is -2.34. The third kappa shape index (κ3) is 3.55. The highest BCUT2D eigenvalue weighted by Gasteiger charge is 2.24. The Morgan fingerprint density at radius 1 is 1.23 bits per heavy atom. The first-order valence-electron chi connectivity index (χ1n) is 7.60. The van der Waals surface area contributed by atoms with Crippen LogP contribution in [0.1, 0.15) is 23.4 Å². The molecule has 0 aliphatic carbocycles. The molecule has 1 fully saturated rings. The fraction of sp³-hybridized carbons (Fsp3) is 0.353. The maximum absolute atomic E-state index is 11.1. The molecule has 0 radical (unpaired) electrons. The van der Waals surface area contributed by atoms with Crippen molar-refractivity contribution in [1.82, 2.24) is 10.2 Å². The van der Waals surface area contributed by atoms with E-state index in [2.05, 4.69) is 45.2 Å². The van der Waals surface area contributed by atoms with Gasteiger partial charge in [-0.2, -0.15) is 0 Å². The molecule has 2 heterocycles. The molecule has 3 rings (SSSR count). The Labute approximate surface area is 135 Å². The Morgan fingerprint density at radius 3 is 2.55 bits per heavy atom. The van der Waals surface area contributed by atoms with Crippen molar-refractivity contribution in [2.75, 3.05) is 31.5 Å². The van der Waals surface area contributed by atoms with Crippen molar-refractivity contribution in [1.29, 1.82) is 0 Å². The normalized spacial score (nSPS) is 17.1. The first kappa shape index (κ1) is 15.2. The van der Waals surface area contributed by atoms with Crippen LogP contribution >= 0.6 is 11.3 Å². The molecule has 1 aromatic carbocycles. The van der Waals surface area contributed by atoms with Crippen LogP contribution in [0.5, 0.6) is 0 Å². The van der Waals surface area contributed by atoms with Crippen molar-refractivity contribution in [2.24, 2.45) is 0 Å². The summed E-state index contributed by atoms with van der Waals surface area (Å²) in [4.78, 5) is 15.0. The number of benzene rings is 1. The van der Waals surface area contributed by atoms with E-state index < -0.39 is 0 Å². The molecule has 4 nitrogen and oxygen atoms in total. The highest BCUT2D eigenvalue weighted by Crippen LogP contribution is 2.32. The molecule has 0 spiro atoms. The zero-order chi connectivity index (χ0) is 15.4. The van der Waals surface area contributed by atoms with Crippen LogP contribution in [0.25, 0.3) is 0 Å². The van der Waals surface area contributed by atoms with Crippen LogP contribution in [-0.2, 0) is 4.79 Å². The summed E-state index contributed by atoms with van der Waals surface area (Å²) in [6.07, 6.45) is 0. The molecular weight excluding hydrogens is 294 g/mol. The molecule has 2 aromatic rings. The number of carbonyl (C=O) groups is 1. The van der Waals surface area contributed by atoms with Crippen LogP contribution in [0.15, 0.2) is 41.8 Å². The molecule has 0 saturated carbocycles. The highest BCUT2D eigenvalue weighted by molar-refractivity contribution is 7.10. The minimum Gasteiger partial charge on any atom is -0.326 e. The van der Waals surface area contributed by atoms with Gasteiger partial charge in [-0.05, 0) is 29.1 Å². The van der Waals surface area contributed by atoms with Gasteiger partial charge in [0.2, 0.25) is 5.91 Å². The van der Waals surface area contributed by atoms with E-state index in [0.29, 0.717) is 6.04 Å². The van der Waals surface area contributed by atoms with Crippen molar-refractivity contribution in [2.45, 2.75) is 13.0 Å². The van der Waals surface area contributed by atoms with E-state index in [1.807, 2.05) is 12.1 Å². The van der Waals surface area contributed by atoms with Gasteiger partial charge < -0.3 is 10.6 Å². The molecule has 5 heteroatoms. The van der Waals surface area contributed by atoms with E-state index in [4.69, 9.17) is 0 Å². The van der Waals surface area contributed by atoms with Gasteiger partial charge in [-0.25, -0.2) is 0 Å². The van der Waals surface area contributed by atoms with Gasteiger partial charge in [0.25, 0.3) is 0 Å². The zero-order valence-electron chi connectivity index (χ0n) is 12.7. The standard InChI is InChI=1S/C17H21N3OS/c1-13(21)19-15-6-4-14(5-7-15)17(16-3-2-12-22-16)20-10-8-18-9-11-20/h2-7,12,17-18H,8-11H2,1H3,(H,19,21)/t17-/m1/s1. The van der Waals surface area contributed by atoms with E-state index in [1.54, 1.807) is 11.3 Å². The van der Waals surface area contributed by atoms with Crippen LogP contribution in [0.4, 0.5) is 5.69 Å². The van der Waals surface area contributed by atoms with Crippen LogP contribution in [0.3, 0.4) is 0 Å². The molecule has 1 atom stereocenters. The fourth-order valence-electron chi connectivity index (χ4n) is 2.89. The number of carbonyl (C=O) groups excluding carboxylic acids is 1. The van der Waals surface area contributed by atoms with Gasteiger partial charge in [0.15, 0.2) is 0 Å².